The molecule has 1 aliphatic rings. The monoisotopic (exact) mass is 204 g/mol. The molecule has 0 aromatic heterocycles. The summed E-state index contributed by atoms with van der Waals surface area (Å²) in [6.07, 6.45) is 0. The molecule has 0 atom stereocenters. The molecule has 0 fully saturated rings. The number of hydrogen-bond donors (Lipinski definition) is 2. The zero-order valence-corrected chi connectivity index (χ0v) is 9.20. The van der Waals surface area contributed by atoms with Crippen LogP contribution in [0.5, 0.6) is 0 Å². The average Bonchev–Trinajstić information content (AvgIpc) is 2.24. The van der Waals surface area contributed by atoms with Crippen LogP contribution in [0.4, 0.5) is 0 Å². The Morgan fingerprint density at radius 1 is 1.08 bits per heavy atom. The second-order valence-electron chi connectivity index (χ2n) is 3.82. The van der Waals surface area contributed by atoms with Crippen LogP contribution in [0, 0.1) is 11.8 Å². The van der Waals surface area contributed by atoms with Crippen molar-refractivity contribution in [2.45, 2.75) is 27.7 Å². The van der Waals surface area contributed by atoms with Gasteiger partial charge < -0.3 is 5.43 Å². The van der Waals surface area contributed by atoms with Crippen molar-refractivity contribution in [2.75, 3.05) is 0 Å². The Labute approximate surface area is 79.4 Å². The van der Waals surface area contributed by atoms with Crippen molar-refractivity contribution >= 4 is 10.0 Å². The lowest BCUT2D eigenvalue weighted by atomic mass is 10.1. The Hall–Kier alpha value is -0.550. The highest BCUT2D eigenvalue weighted by Crippen LogP contribution is 2.26. The molecule has 0 radical (unpaired) electrons. The van der Waals surface area contributed by atoms with Crippen LogP contribution in [0.15, 0.2) is 10.6 Å². The third kappa shape index (κ3) is 1.86. The summed E-state index contributed by atoms with van der Waals surface area (Å²) < 4.78 is 23.0. The highest BCUT2D eigenvalue weighted by Gasteiger charge is 2.31. The first kappa shape index (κ1) is 10.5. The summed E-state index contributed by atoms with van der Waals surface area (Å²) in [5.74, 6) is 0.215. The van der Waals surface area contributed by atoms with Crippen molar-refractivity contribution in [3.05, 3.63) is 10.6 Å². The predicted molar refractivity (Wildman–Crippen MR) is 51.9 cm³/mol. The zero-order valence-electron chi connectivity index (χ0n) is 8.38. The van der Waals surface area contributed by atoms with Crippen molar-refractivity contribution in [1.82, 2.24) is 10.3 Å². The van der Waals surface area contributed by atoms with E-state index in [2.05, 4.69) is 10.3 Å². The number of hydrogen-bond acceptors (Lipinski definition) is 3. The Morgan fingerprint density at radius 2 is 1.62 bits per heavy atom. The molecule has 1 rings (SSSR count). The van der Waals surface area contributed by atoms with Crippen LogP contribution >= 0.6 is 0 Å². The Morgan fingerprint density at radius 3 is 1.92 bits per heavy atom. The quantitative estimate of drug-likeness (QED) is 0.704. The molecule has 0 saturated carbocycles. The van der Waals surface area contributed by atoms with Crippen molar-refractivity contribution in [3.63, 3.8) is 0 Å². The molecule has 1 aliphatic heterocycles. The third-order valence-corrected chi connectivity index (χ3v) is 3.62. The molecule has 0 unspecified atom stereocenters. The summed E-state index contributed by atoms with van der Waals surface area (Å²) in [5.41, 5.74) is 3.51. The highest BCUT2D eigenvalue weighted by atomic mass is 32.2. The summed E-state index contributed by atoms with van der Waals surface area (Å²) in [6, 6.07) is 0. The molecule has 2 N–H and O–H groups in total. The fraction of sp³-hybridized carbons (Fsp3) is 0.750. The van der Waals surface area contributed by atoms with Crippen LogP contribution < -0.4 is 10.3 Å². The molecule has 76 valence electrons. The van der Waals surface area contributed by atoms with Crippen LogP contribution in [0.25, 0.3) is 0 Å². The molecule has 0 bridgehead atoms. The van der Waals surface area contributed by atoms with E-state index < -0.39 is 10.0 Å². The van der Waals surface area contributed by atoms with E-state index in [-0.39, 0.29) is 11.8 Å². The van der Waals surface area contributed by atoms with Gasteiger partial charge in [0.2, 0.25) is 0 Å². The minimum absolute atomic E-state index is 0.0184. The van der Waals surface area contributed by atoms with Gasteiger partial charge in [-0.3, -0.25) is 0 Å². The average molecular weight is 204 g/mol. The number of hydrazine groups is 1. The summed E-state index contributed by atoms with van der Waals surface area (Å²) in [4.78, 5) is 2.80. The van der Waals surface area contributed by atoms with E-state index >= 15 is 0 Å². The van der Waals surface area contributed by atoms with E-state index in [0.717, 1.165) is 5.70 Å². The van der Waals surface area contributed by atoms with Crippen LogP contribution in [0.2, 0.25) is 0 Å². The van der Waals surface area contributed by atoms with Crippen molar-refractivity contribution in [3.8, 4) is 0 Å². The molecule has 0 spiro atoms. The molecular weight excluding hydrogens is 188 g/mol. The van der Waals surface area contributed by atoms with Gasteiger partial charge in [-0.2, -0.15) is 0 Å². The Kier molecular flexibility index (Phi) is 2.68. The van der Waals surface area contributed by atoms with E-state index in [1.165, 1.54) is 0 Å². The number of allylic oxidation sites excluding steroid dienone is 2. The highest BCUT2D eigenvalue weighted by molar-refractivity contribution is 7.93. The number of nitrogens with one attached hydrogen (secondary N) is 2. The second-order valence-corrected chi connectivity index (χ2v) is 5.47. The molecule has 1 heterocycles. The molecule has 0 aromatic carbocycles. The first-order valence-electron chi connectivity index (χ1n) is 4.38. The summed E-state index contributed by atoms with van der Waals surface area (Å²) in [7, 11) is -3.26. The van der Waals surface area contributed by atoms with Gasteiger partial charge in [-0.1, -0.05) is 27.7 Å². The van der Waals surface area contributed by atoms with Gasteiger partial charge in [0.15, 0.2) is 0 Å². The van der Waals surface area contributed by atoms with Gasteiger partial charge >= 0.3 is 0 Å². The first-order chi connectivity index (χ1) is 5.86. The molecule has 13 heavy (non-hydrogen) atoms. The van der Waals surface area contributed by atoms with Crippen LogP contribution in [-0.4, -0.2) is 8.42 Å². The molecule has 0 saturated heterocycles. The molecule has 4 nitrogen and oxygen atoms in total. The summed E-state index contributed by atoms with van der Waals surface area (Å²) in [5, 5.41) is 0. The van der Waals surface area contributed by atoms with E-state index in [1.807, 2.05) is 27.7 Å². The topological polar surface area (TPSA) is 58.2 Å². The third-order valence-electron chi connectivity index (χ3n) is 1.98. The lowest BCUT2D eigenvalue weighted by Gasteiger charge is -2.10. The first-order valence-corrected chi connectivity index (χ1v) is 5.86. The smallest absolute Gasteiger partial charge is 0.255 e. The van der Waals surface area contributed by atoms with E-state index in [1.54, 1.807) is 0 Å². The minimum Gasteiger partial charge on any atom is -0.311 e. The zero-order chi connectivity index (χ0) is 10.2. The van der Waals surface area contributed by atoms with Gasteiger partial charge in [0.05, 0.1) is 4.91 Å². The summed E-state index contributed by atoms with van der Waals surface area (Å²) >= 11 is 0. The number of sulfonamides is 1. The fourth-order valence-electron chi connectivity index (χ4n) is 1.43. The Balaban J connectivity index is 3.22. The van der Waals surface area contributed by atoms with Crippen molar-refractivity contribution in [2.24, 2.45) is 11.8 Å². The Bertz CT molecular complexity index is 328. The van der Waals surface area contributed by atoms with Crippen LogP contribution in [-0.2, 0) is 10.0 Å². The lowest BCUT2D eigenvalue weighted by Crippen LogP contribution is -2.29. The molecular formula is C8H16N2O2S. The minimum atomic E-state index is -3.26. The van der Waals surface area contributed by atoms with E-state index in [4.69, 9.17) is 0 Å². The largest absolute Gasteiger partial charge is 0.311 e. The maximum Gasteiger partial charge on any atom is 0.255 e. The van der Waals surface area contributed by atoms with Crippen molar-refractivity contribution in [1.29, 1.82) is 0 Å². The van der Waals surface area contributed by atoms with Gasteiger partial charge in [-0.05, 0) is 11.8 Å². The maximum absolute atomic E-state index is 11.5. The van der Waals surface area contributed by atoms with Gasteiger partial charge in [0.25, 0.3) is 10.0 Å². The molecule has 5 heteroatoms. The fourth-order valence-corrected chi connectivity index (χ4v) is 2.98. The van der Waals surface area contributed by atoms with Gasteiger partial charge in [0, 0.05) is 5.70 Å². The summed E-state index contributed by atoms with van der Waals surface area (Å²) in [6.45, 7) is 7.69. The molecule has 0 aromatic rings. The number of rotatable bonds is 2. The van der Waals surface area contributed by atoms with Crippen LogP contribution in [0.3, 0.4) is 0 Å². The molecule has 0 aliphatic carbocycles. The normalized spacial score (nSPS) is 21.4. The van der Waals surface area contributed by atoms with Gasteiger partial charge in [-0.15, -0.1) is 4.83 Å². The second kappa shape index (κ2) is 3.31. The standard InChI is InChI=1S/C8H16N2O2S/c1-5(2)7-8(6(3)4)13(11,12)10-9-7/h5-6,9-10H,1-4H3. The molecule has 0 amide bonds. The van der Waals surface area contributed by atoms with Crippen molar-refractivity contribution < 1.29 is 8.42 Å². The van der Waals surface area contributed by atoms with Gasteiger partial charge in [0.1, 0.15) is 0 Å². The predicted octanol–water partition coefficient (Wildman–Crippen LogP) is 0.948. The van der Waals surface area contributed by atoms with Gasteiger partial charge in [-0.25, -0.2) is 8.42 Å². The lowest BCUT2D eigenvalue weighted by molar-refractivity contribution is 0.580. The maximum atomic E-state index is 11.5. The van der Waals surface area contributed by atoms with E-state index in [0.29, 0.717) is 4.91 Å². The SMILES string of the molecule is CC(C)C1=C(C(C)C)S(=O)(=O)NN1. The van der Waals surface area contributed by atoms with E-state index in [9.17, 15) is 8.42 Å². The van der Waals surface area contributed by atoms with Crippen LogP contribution in [0.1, 0.15) is 27.7 Å².